The van der Waals surface area contributed by atoms with Crippen molar-refractivity contribution in [3.63, 3.8) is 0 Å². The first-order chi connectivity index (χ1) is 7.79. The van der Waals surface area contributed by atoms with Crippen LogP contribution in [-0.2, 0) is 4.79 Å². The fourth-order valence-corrected chi connectivity index (χ4v) is 1.66. The summed E-state index contributed by atoms with van der Waals surface area (Å²) in [6.07, 6.45) is 0.457. The Morgan fingerprint density at radius 2 is 1.94 bits per heavy atom. The molecule has 0 spiro atoms. The summed E-state index contributed by atoms with van der Waals surface area (Å²) in [4.78, 5) is 12.1. The van der Waals surface area contributed by atoms with Crippen molar-refractivity contribution in [1.82, 2.24) is 0 Å². The van der Waals surface area contributed by atoms with Crippen molar-refractivity contribution in [2.75, 3.05) is 5.32 Å². The fourth-order valence-electron chi connectivity index (χ4n) is 1.48. The summed E-state index contributed by atoms with van der Waals surface area (Å²) in [6, 6.07) is 7.28. The van der Waals surface area contributed by atoms with Crippen LogP contribution in [0, 0.1) is 5.41 Å². The summed E-state index contributed by atoms with van der Waals surface area (Å²) in [7, 11) is 0. The first kappa shape index (κ1) is 13.6. The lowest BCUT2D eigenvalue weighted by Gasteiger charge is -2.18. The normalized spacial score (nSPS) is 11.0. The third-order valence-electron chi connectivity index (χ3n) is 2.16. The van der Waals surface area contributed by atoms with Crippen molar-refractivity contribution in [3.05, 3.63) is 29.8 Å². The van der Waals surface area contributed by atoms with Crippen LogP contribution in [-0.4, -0.2) is 10.9 Å². The quantitative estimate of drug-likeness (QED) is 0.811. The minimum Gasteiger partial charge on any atom is -0.389 e. The van der Waals surface area contributed by atoms with Gasteiger partial charge in [-0.2, -0.15) is 0 Å². The number of rotatable bonds is 3. The highest BCUT2D eigenvalue weighted by atomic mass is 32.1. The molecule has 0 aliphatic carbocycles. The van der Waals surface area contributed by atoms with Crippen LogP contribution in [0.15, 0.2) is 24.3 Å². The Morgan fingerprint density at radius 3 is 2.47 bits per heavy atom. The molecule has 1 rings (SSSR count). The van der Waals surface area contributed by atoms with Crippen molar-refractivity contribution in [3.8, 4) is 0 Å². The number of nitrogens with two attached hydrogens (primary N) is 1. The zero-order chi connectivity index (χ0) is 13.1. The number of amides is 1. The lowest BCUT2D eigenvalue weighted by molar-refractivity contribution is -0.117. The highest BCUT2D eigenvalue weighted by Crippen LogP contribution is 2.21. The largest absolute Gasteiger partial charge is 0.389 e. The molecule has 0 atom stereocenters. The van der Waals surface area contributed by atoms with Crippen molar-refractivity contribution in [2.24, 2.45) is 11.1 Å². The van der Waals surface area contributed by atoms with Gasteiger partial charge in [0.05, 0.1) is 5.69 Å². The molecular formula is C13H18N2OS. The summed E-state index contributed by atoms with van der Waals surface area (Å²) in [6.45, 7) is 6.06. The van der Waals surface area contributed by atoms with E-state index in [0.717, 1.165) is 0 Å². The van der Waals surface area contributed by atoms with Gasteiger partial charge in [-0.25, -0.2) is 0 Å². The molecule has 0 aliphatic heterocycles. The summed E-state index contributed by atoms with van der Waals surface area (Å²) in [5, 5.41) is 2.84. The van der Waals surface area contributed by atoms with E-state index in [1.54, 1.807) is 12.1 Å². The maximum absolute atomic E-state index is 11.8. The molecule has 0 bridgehead atoms. The molecule has 0 radical (unpaired) electrons. The number of hydrogen-bond donors (Lipinski definition) is 2. The standard InChI is InChI=1S/C13H18N2OS/c1-13(2,3)8-11(16)15-10-7-5-4-6-9(10)12(14)17/h4-7H,8H2,1-3H3,(H2,14,17)(H,15,16). The van der Waals surface area contributed by atoms with Crippen LogP contribution in [0.25, 0.3) is 0 Å². The average Bonchev–Trinajstić information content (AvgIpc) is 2.14. The monoisotopic (exact) mass is 250 g/mol. The molecule has 1 aromatic rings. The first-order valence-electron chi connectivity index (χ1n) is 5.48. The molecule has 92 valence electrons. The molecule has 1 aromatic carbocycles. The van der Waals surface area contributed by atoms with E-state index in [1.807, 2.05) is 32.9 Å². The SMILES string of the molecule is CC(C)(C)CC(=O)Nc1ccccc1C(N)=S. The number of carbonyl (C=O) groups is 1. The lowest BCUT2D eigenvalue weighted by atomic mass is 9.92. The molecule has 0 aliphatic rings. The number of hydrogen-bond acceptors (Lipinski definition) is 2. The van der Waals surface area contributed by atoms with E-state index in [2.05, 4.69) is 5.32 Å². The molecule has 4 heteroatoms. The molecule has 0 saturated heterocycles. The molecule has 0 heterocycles. The van der Waals surface area contributed by atoms with Gasteiger partial charge in [-0.05, 0) is 17.5 Å². The number of benzene rings is 1. The minimum atomic E-state index is -0.0394. The zero-order valence-corrected chi connectivity index (χ0v) is 11.2. The zero-order valence-electron chi connectivity index (χ0n) is 10.4. The van der Waals surface area contributed by atoms with Crippen molar-refractivity contribution in [2.45, 2.75) is 27.2 Å². The predicted molar refractivity (Wildman–Crippen MR) is 75.0 cm³/mol. The lowest BCUT2D eigenvalue weighted by Crippen LogP contribution is -2.21. The van der Waals surface area contributed by atoms with Crippen LogP contribution in [0.4, 0.5) is 5.69 Å². The van der Waals surface area contributed by atoms with Gasteiger partial charge in [-0.15, -0.1) is 0 Å². The summed E-state index contributed by atoms with van der Waals surface area (Å²) < 4.78 is 0. The third-order valence-corrected chi connectivity index (χ3v) is 2.38. The number of carbonyl (C=O) groups excluding carboxylic acids is 1. The maximum atomic E-state index is 11.8. The van der Waals surface area contributed by atoms with E-state index in [4.69, 9.17) is 18.0 Å². The molecule has 17 heavy (non-hydrogen) atoms. The molecule has 3 N–H and O–H groups in total. The van der Waals surface area contributed by atoms with Gasteiger partial charge < -0.3 is 11.1 Å². The van der Waals surface area contributed by atoms with Gasteiger partial charge in [-0.3, -0.25) is 4.79 Å². The Kier molecular flexibility index (Phi) is 4.23. The van der Waals surface area contributed by atoms with E-state index in [1.165, 1.54) is 0 Å². The van der Waals surface area contributed by atoms with Crippen LogP contribution in [0.3, 0.4) is 0 Å². The van der Waals surface area contributed by atoms with Crippen LogP contribution >= 0.6 is 12.2 Å². The average molecular weight is 250 g/mol. The number of para-hydroxylation sites is 1. The Morgan fingerprint density at radius 1 is 1.35 bits per heavy atom. The van der Waals surface area contributed by atoms with Gasteiger partial charge >= 0.3 is 0 Å². The Bertz CT molecular complexity index is 435. The Balaban J connectivity index is 2.82. The smallest absolute Gasteiger partial charge is 0.224 e. The van der Waals surface area contributed by atoms with Crippen LogP contribution in [0.5, 0.6) is 0 Å². The molecular weight excluding hydrogens is 232 g/mol. The molecule has 3 nitrogen and oxygen atoms in total. The van der Waals surface area contributed by atoms with Crippen molar-refractivity contribution >= 4 is 28.8 Å². The van der Waals surface area contributed by atoms with Crippen molar-refractivity contribution in [1.29, 1.82) is 0 Å². The molecule has 0 aromatic heterocycles. The highest BCUT2D eigenvalue weighted by molar-refractivity contribution is 7.80. The first-order valence-corrected chi connectivity index (χ1v) is 5.89. The van der Waals surface area contributed by atoms with Gasteiger partial charge in [0.15, 0.2) is 0 Å². The second-order valence-corrected chi connectivity index (χ2v) is 5.64. The summed E-state index contributed by atoms with van der Waals surface area (Å²) in [5.41, 5.74) is 6.93. The van der Waals surface area contributed by atoms with E-state index >= 15 is 0 Å². The number of nitrogens with one attached hydrogen (secondary N) is 1. The van der Waals surface area contributed by atoms with Gasteiger partial charge in [0.2, 0.25) is 5.91 Å². The predicted octanol–water partition coefficient (Wildman–Crippen LogP) is 2.70. The van der Waals surface area contributed by atoms with E-state index in [0.29, 0.717) is 17.7 Å². The number of anilines is 1. The summed E-state index contributed by atoms with van der Waals surface area (Å²) in [5.74, 6) is -0.0267. The highest BCUT2D eigenvalue weighted by Gasteiger charge is 2.16. The van der Waals surface area contributed by atoms with Crippen molar-refractivity contribution < 1.29 is 4.79 Å². The maximum Gasteiger partial charge on any atom is 0.224 e. The molecule has 0 fully saturated rings. The van der Waals surface area contributed by atoms with E-state index < -0.39 is 0 Å². The van der Waals surface area contributed by atoms with Crippen LogP contribution < -0.4 is 11.1 Å². The van der Waals surface area contributed by atoms with Crippen LogP contribution in [0.2, 0.25) is 0 Å². The second-order valence-electron chi connectivity index (χ2n) is 5.20. The number of thiocarbonyl (C=S) groups is 1. The van der Waals surface area contributed by atoms with Crippen LogP contribution in [0.1, 0.15) is 32.8 Å². The second kappa shape index (κ2) is 5.27. The van der Waals surface area contributed by atoms with Gasteiger partial charge in [0.1, 0.15) is 4.99 Å². The topological polar surface area (TPSA) is 55.1 Å². The van der Waals surface area contributed by atoms with Gasteiger partial charge in [-0.1, -0.05) is 45.1 Å². The van der Waals surface area contributed by atoms with E-state index in [9.17, 15) is 4.79 Å². The Labute approximate surface area is 107 Å². The summed E-state index contributed by atoms with van der Waals surface area (Å²) >= 11 is 4.94. The fraction of sp³-hybridized carbons (Fsp3) is 0.385. The van der Waals surface area contributed by atoms with Gasteiger partial charge in [0, 0.05) is 12.0 Å². The Hall–Kier alpha value is -1.42. The molecule has 1 amide bonds. The molecule has 0 saturated carbocycles. The minimum absolute atomic E-state index is 0.0267. The molecule has 0 unspecified atom stereocenters. The third kappa shape index (κ3) is 4.53. The van der Waals surface area contributed by atoms with E-state index in [-0.39, 0.29) is 16.3 Å². The van der Waals surface area contributed by atoms with Gasteiger partial charge in [0.25, 0.3) is 0 Å².